The number of rotatable bonds is 5. The van der Waals surface area contributed by atoms with Gasteiger partial charge in [0, 0.05) is 4.88 Å². The number of thioether (sulfide) groups is 1. The summed E-state index contributed by atoms with van der Waals surface area (Å²) in [5.41, 5.74) is 1.43. The second kappa shape index (κ2) is 8.53. The number of hydrogen-bond acceptors (Lipinski definition) is 6. The first-order chi connectivity index (χ1) is 14.1. The number of aromatic nitrogens is 2. The van der Waals surface area contributed by atoms with E-state index in [1.165, 1.54) is 53.3 Å². The van der Waals surface area contributed by atoms with Gasteiger partial charge in [-0.15, -0.1) is 17.8 Å². The van der Waals surface area contributed by atoms with E-state index in [0.717, 1.165) is 29.7 Å². The lowest BCUT2D eigenvalue weighted by Crippen LogP contribution is -2.31. The van der Waals surface area contributed by atoms with Crippen LogP contribution in [-0.4, -0.2) is 27.9 Å². The van der Waals surface area contributed by atoms with Crippen LogP contribution in [0.1, 0.15) is 55.9 Å². The van der Waals surface area contributed by atoms with E-state index < -0.39 is 5.97 Å². The van der Waals surface area contributed by atoms with Gasteiger partial charge in [-0.2, -0.15) is 0 Å². The molecule has 2 aromatic rings. The smallest absolute Gasteiger partial charge is 0.326 e. The van der Waals surface area contributed by atoms with E-state index in [9.17, 15) is 9.59 Å². The topological polar surface area (TPSA) is 61.2 Å². The van der Waals surface area contributed by atoms with Gasteiger partial charge in [0.2, 0.25) is 0 Å². The predicted octanol–water partition coefficient (Wildman–Crippen LogP) is 4.19. The third kappa shape index (κ3) is 3.97. The van der Waals surface area contributed by atoms with Crippen molar-refractivity contribution in [1.29, 1.82) is 0 Å². The molecule has 0 N–H and O–H groups in total. The van der Waals surface area contributed by atoms with E-state index >= 15 is 0 Å². The van der Waals surface area contributed by atoms with Gasteiger partial charge in [0.1, 0.15) is 11.4 Å². The summed E-state index contributed by atoms with van der Waals surface area (Å²) in [5.74, 6) is 2.54. The van der Waals surface area contributed by atoms with Crippen LogP contribution in [0.4, 0.5) is 0 Å². The molecule has 0 saturated heterocycles. The van der Waals surface area contributed by atoms with Gasteiger partial charge in [0.05, 0.1) is 17.7 Å². The molecule has 7 heteroatoms. The first-order valence-electron chi connectivity index (χ1n) is 10.3. The van der Waals surface area contributed by atoms with Crippen molar-refractivity contribution in [3.8, 4) is 12.3 Å². The summed E-state index contributed by atoms with van der Waals surface area (Å²) in [4.78, 5) is 32.4. The number of hydrogen-bond donors (Lipinski definition) is 0. The lowest BCUT2D eigenvalue weighted by molar-refractivity contribution is -0.144. The van der Waals surface area contributed by atoms with Crippen LogP contribution in [0.25, 0.3) is 10.2 Å². The van der Waals surface area contributed by atoms with E-state index in [-0.39, 0.29) is 18.7 Å². The van der Waals surface area contributed by atoms with Crippen LogP contribution in [-0.2, 0) is 28.9 Å². The van der Waals surface area contributed by atoms with E-state index in [1.54, 1.807) is 18.3 Å². The average Bonchev–Trinajstić information content (AvgIpc) is 3.06. The van der Waals surface area contributed by atoms with Crippen LogP contribution in [0.2, 0.25) is 0 Å². The van der Waals surface area contributed by atoms with Crippen LogP contribution in [0, 0.1) is 17.8 Å². The molecule has 0 atom stereocenters. The highest BCUT2D eigenvalue weighted by Crippen LogP contribution is 2.49. The molecule has 29 heavy (non-hydrogen) atoms. The number of aryl methyl sites for hydroxylation is 1. The molecule has 154 valence electrons. The summed E-state index contributed by atoms with van der Waals surface area (Å²) in [6.45, 7) is 1.91. The zero-order valence-corrected chi connectivity index (χ0v) is 18.4. The zero-order valence-electron chi connectivity index (χ0n) is 16.8. The van der Waals surface area contributed by atoms with Crippen molar-refractivity contribution in [2.24, 2.45) is 5.41 Å². The normalized spacial score (nSPS) is 17.8. The second-order valence-electron chi connectivity index (χ2n) is 8.00. The number of fused-ring (bicyclic) bond motifs is 3. The fourth-order valence-electron chi connectivity index (χ4n) is 4.81. The molecule has 5 nitrogen and oxygen atoms in total. The molecule has 0 amide bonds. The van der Waals surface area contributed by atoms with Crippen LogP contribution < -0.4 is 5.56 Å². The third-order valence-corrected chi connectivity index (χ3v) is 8.20. The Morgan fingerprint density at radius 1 is 1.34 bits per heavy atom. The van der Waals surface area contributed by atoms with Gasteiger partial charge >= 0.3 is 5.97 Å². The molecule has 2 aromatic heterocycles. The quantitative estimate of drug-likeness (QED) is 0.308. The lowest BCUT2D eigenvalue weighted by Gasteiger charge is -2.40. The van der Waals surface area contributed by atoms with Gasteiger partial charge in [-0.1, -0.05) is 36.9 Å². The zero-order chi connectivity index (χ0) is 20.4. The number of terminal acetylenes is 1. The molecule has 0 unspecified atom stereocenters. The Labute approximate surface area is 179 Å². The number of nitrogens with zero attached hydrogens (tertiary/aromatic N) is 2. The summed E-state index contributed by atoms with van der Waals surface area (Å²) in [6.07, 6.45) is 15.1. The van der Waals surface area contributed by atoms with Gasteiger partial charge in [-0.3, -0.25) is 14.2 Å². The Bertz CT molecular complexity index is 1030. The van der Waals surface area contributed by atoms with E-state index in [2.05, 4.69) is 5.92 Å². The Morgan fingerprint density at radius 3 is 2.86 bits per heavy atom. The minimum absolute atomic E-state index is 0.128. The van der Waals surface area contributed by atoms with Crippen molar-refractivity contribution in [3.63, 3.8) is 0 Å². The van der Waals surface area contributed by atoms with Gasteiger partial charge in [0.25, 0.3) is 5.56 Å². The summed E-state index contributed by atoms with van der Waals surface area (Å²) >= 11 is 2.98. The predicted molar refractivity (Wildman–Crippen MR) is 118 cm³/mol. The molecule has 2 aliphatic rings. The highest BCUT2D eigenvalue weighted by molar-refractivity contribution is 7.99. The average molecular weight is 431 g/mol. The Hall–Kier alpha value is -1.78. The van der Waals surface area contributed by atoms with Crippen molar-refractivity contribution in [1.82, 2.24) is 9.55 Å². The fraction of sp³-hybridized carbons (Fsp3) is 0.591. The van der Waals surface area contributed by atoms with E-state index in [4.69, 9.17) is 16.1 Å². The van der Waals surface area contributed by atoms with Gasteiger partial charge < -0.3 is 4.74 Å². The molecule has 2 aliphatic carbocycles. The Balaban J connectivity index is 1.77. The number of ether oxygens (including phenoxy) is 1. The maximum absolute atomic E-state index is 13.4. The summed E-state index contributed by atoms with van der Waals surface area (Å²) in [6, 6.07) is 0. The van der Waals surface area contributed by atoms with Gasteiger partial charge in [-0.05, 0) is 50.0 Å². The van der Waals surface area contributed by atoms with Crippen molar-refractivity contribution < 1.29 is 9.53 Å². The maximum Gasteiger partial charge on any atom is 0.326 e. The van der Waals surface area contributed by atoms with Crippen molar-refractivity contribution in [2.45, 2.75) is 70.0 Å². The first kappa shape index (κ1) is 20.5. The first-order valence-corrected chi connectivity index (χ1v) is 12.1. The highest BCUT2D eigenvalue weighted by Gasteiger charge is 2.37. The summed E-state index contributed by atoms with van der Waals surface area (Å²) < 4.78 is 6.51. The SMILES string of the molecule is C#CCSc1nc2sc3c(c2c(=O)n1CC(=O)OCC)CCC1(CCCCC1)C3. The molecule has 1 fully saturated rings. The largest absolute Gasteiger partial charge is 0.465 e. The highest BCUT2D eigenvalue weighted by atomic mass is 32.2. The van der Waals surface area contributed by atoms with Crippen LogP contribution >= 0.6 is 23.1 Å². The molecule has 1 saturated carbocycles. The number of carbonyl (C=O) groups excluding carboxylic acids is 1. The minimum atomic E-state index is -0.427. The Morgan fingerprint density at radius 2 is 2.14 bits per heavy atom. The molecular formula is C22H26N2O3S2. The molecule has 0 aromatic carbocycles. The number of thiophene rings is 1. The standard InChI is InChI=1S/C22H26N2O3S2/c1-3-12-28-21-23-19-18(20(26)24(21)14-17(25)27-4-2)15-8-11-22(13-16(15)29-19)9-6-5-7-10-22/h1H,4-14H2,2H3. The van der Waals surface area contributed by atoms with Crippen LogP contribution in [0.3, 0.4) is 0 Å². The van der Waals surface area contributed by atoms with Crippen molar-refractivity contribution in [3.05, 3.63) is 20.8 Å². The monoisotopic (exact) mass is 430 g/mol. The molecule has 1 spiro atoms. The maximum atomic E-state index is 13.4. The molecule has 2 heterocycles. The third-order valence-electron chi connectivity index (χ3n) is 6.19. The van der Waals surface area contributed by atoms with Crippen LogP contribution in [0.15, 0.2) is 9.95 Å². The van der Waals surface area contributed by atoms with Crippen molar-refractivity contribution in [2.75, 3.05) is 12.4 Å². The Kier molecular flexibility index (Phi) is 6.03. The van der Waals surface area contributed by atoms with Crippen molar-refractivity contribution >= 4 is 39.3 Å². The van der Waals surface area contributed by atoms with Gasteiger partial charge in [-0.25, -0.2) is 4.98 Å². The van der Waals surface area contributed by atoms with Crippen LogP contribution in [0.5, 0.6) is 0 Å². The fourth-order valence-corrected chi connectivity index (χ4v) is 6.93. The second-order valence-corrected chi connectivity index (χ2v) is 10.0. The number of carbonyl (C=O) groups is 1. The van der Waals surface area contributed by atoms with E-state index in [0.29, 0.717) is 21.7 Å². The summed E-state index contributed by atoms with van der Waals surface area (Å²) in [7, 11) is 0. The van der Waals surface area contributed by atoms with E-state index in [1.807, 2.05) is 0 Å². The number of esters is 1. The summed E-state index contributed by atoms with van der Waals surface area (Å²) in [5, 5.41) is 1.20. The lowest BCUT2D eigenvalue weighted by atomic mass is 9.65. The molecular weight excluding hydrogens is 404 g/mol. The van der Waals surface area contributed by atoms with Gasteiger partial charge in [0.15, 0.2) is 5.16 Å². The minimum Gasteiger partial charge on any atom is -0.465 e. The molecule has 4 rings (SSSR count). The molecule has 0 bridgehead atoms. The molecule has 0 radical (unpaired) electrons. The molecule has 0 aliphatic heterocycles.